The molecule has 0 aliphatic carbocycles. The zero-order chi connectivity index (χ0) is 15.7. The van der Waals surface area contributed by atoms with Crippen molar-refractivity contribution in [3.63, 3.8) is 0 Å². The lowest BCUT2D eigenvalue weighted by molar-refractivity contribution is -0.0506. The highest BCUT2D eigenvalue weighted by Crippen LogP contribution is 2.31. The number of para-hydroxylation sites is 1. The Hall–Kier alpha value is -1.95. The van der Waals surface area contributed by atoms with Gasteiger partial charge in [0.25, 0.3) is 0 Å². The Morgan fingerprint density at radius 1 is 1.18 bits per heavy atom. The van der Waals surface area contributed by atoms with Gasteiger partial charge in [-0.25, -0.2) is 4.98 Å². The highest BCUT2D eigenvalue weighted by atomic mass is 79.9. The van der Waals surface area contributed by atoms with Crippen LogP contribution in [-0.2, 0) is 0 Å². The van der Waals surface area contributed by atoms with Gasteiger partial charge in [-0.05, 0) is 31.2 Å². The van der Waals surface area contributed by atoms with Crippen molar-refractivity contribution in [3.8, 4) is 5.75 Å². The Balaban J connectivity index is 2.06. The largest absolute Gasteiger partial charge is 0.434 e. The minimum atomic E-state index is -2.85. The van der Waals surface area contributed by atoms with Crippen molar-refractivity contribution in [1.29, 1.82) is 0 Å². The summed E-state index contributed by atoms with van der Waals surface area (Å²) in [6, 6.07) is 12.4. The number of rotatable bonds is 4. The summed E-state index contributed by atoms with van der Waals surface area (Å²) in [5, 5.41) is 0. The standard InChI is InChI=1S/C16H13BrF2N2O/c1-10(12-4-2-3-5-15(12)22-16(18)19)21-9-20-13-7-6-11(17)8-14(13)21/h2-10,16H,1H3. The Morgan fingerprint density at radius 2 is 1.95 bits per heavy atom. The smallest absolute Gasteiger partial charge is 0.387 e. The molecule has 114 valence electrons. The number of hydrogen-bond donors (Lipinski definition) is 0. The Bertz CT molecular complexity index is 804. The first-order valence-corrected chi connectivity index (χ1v) is 7.51. The van der Waals surface area contributed by atoms with E-state index in [4.69, 9.17) is 0 Å². The molecule has 0 fully saturated rings. The molecule has 0 N–H and O–H groups in total. The average molecular weight is 367 g/mol. The number of ether oxygens (including phenoxy) is 1. The molecule has 0 radical (unpaired) electrons. The molecule has 1 unspecified atom stereocenters. The summed E-state index contributed by atoms with van der Waals surface area (Å²) in [6.07, 6.45) is 1.71. The maximum Gasteiger partial charge on any atom is 0.387 e. The molecule has 3 nitrogen and oxygen atoms in total. The average Bonchev–Trinajstić information content (AvgIpc) is 2.89. The van der Waals surface area contributed by atoms with E-state index in [-0.39, 0.29) is 11.8 Å². The second kappa shape index (κ2) is 6.04. The molecule has 0 aliphatic rings. The van der Waals surface area contributed by atoms with Crippen molar-refractivity contribution in [2.45, 2.75) is 19.6 Å². The van der Waals surface area contributed by atoms with Gasteiger partial charge in [-0.1, -0.05) is 34.1 Å². The predicted octanol–water partition coefficient (Wildman–Crippen LogP) is 5.01. The molecule has 1 heterocycles. The fraction of sp³-hybridized carbons (Fsp3) is 0.188. The van der Waals surface area contributed by atoms with E-state index in [1.807, 2.05) is 29.7 Å². The number of nitrogens with zero attached hydrogens (tertiary/aromatic N) is 2. The van der Waals surface area contributed by atoms with Crippen molar-refractivity contribution in [3.05, 3.63) is 58.8 Å². The number of imidazole rings is 1. The molecule has 0 amide bonds. The molecule has 0 bridgehead atoms. The third kappa shape index (κ3) is 2.83. The van der Waals surface area contributed by atoms with Gasteiger partial charge in [-0.3, -0.25) is 0 Å². The highest BCUT2D eigenvalue weighted by Gasteiger charge is 2.17. The van der Waals surface area contributed by atoms with Crippen molar-refractivity contribution >= 4 is 27.0 Å². The van der Waals surface area contributed by atoms with E-state index in [1.54, 1.807) is 30.6 Å². The zero-order valence-corrected chi connectivity index (χ0v) is 13.3. The first-order valence-electron chi connectivity index (χ1n) is 6.72. The molecule has 1 atom stereocenters. The van der Waals surface area contributed by atoms with Gasteiger partial charge in [0.05, 0.1) is 23.4 Å². The van der Waals surface area contributed by atoms with Crippen LogP contribution in [0.1, 0.15) is 18.5 Å². The summed E-state index contributed by atoms with van der Waals surface area (Å²) in [5.74, 6) is 0.182. The molecule has 0 spiro atoms. The van der Waals surface area contributed by atoms with Gasteiger partial charge in [0.1, 0.15) is 5.75 Å². The van der Waals surface area contributed by atoms with Gasteiger partial charge in [-0.15, -0.1) is 0 Å². The Kier molecular flexibility index (Phi) is 4.11. The zero-order valence-electron chi connectivity index (χ0n) is 11.7. The summed E-state index contributed by atoms with van der Waals surface area (Å²) in [4.78, 5) is 4.35. The lowest BCUT2D eigenvalue weighted by Gasteiger charge is -2.18. The van der Waals surface area contributed by atoms with Crippen LogP contribution in [0.5, 0.6) is 5.75 Å². The lowest BCUT2D eigenvalue weighted by Crippen LogP contribution is -2.10. The number of hydrogen-bond acceptors (Lipinski definition) is 2. The van der Waals surface area contributed by atoms with Crippen LogP contribution in [0.3, 0.4) is 0 Å². The lowest BCUT2D eigenvalue weighted by atomic mass is 10.1. The van der Waals surface area contributed by atoms with Gasteiger partial charge in [0, 0.05) is 10.0 Å². The van der Waals surface area contributed by atoms with E-state index in [0.717, 1.165) is 15.5 Å². The molecule has 3 aromatic rings. The van der Waals surface area contributed by atoms with Gasteiger partial charge >= 0.3 is 6.61 Å². The van der Waals surface area contributed by atoms with E-state index < -0.39 is 6.61 Å². The minimum absolute atomic E-state index is 0.182. The monoisotopic (exact) mass is 366 g/mol. The third-order valence-electron chi connectivity index (χ3n) is 3.54. The number of aromatic nitrogens is 2. The van der Waals surface area contributed by atoms with Crippen molar-refractivity contribution in [2.24, 2.45) is 0 Å². The second-order valence-corrected chi connectivity index (χ2v) is 5.79. The number of alkyl halides is 2. The molecule has 6 heteroatoms. The van der Waals surface area contributed by atoms with Crippen LogP contribution in [0.25, 0.3) is 11.0 Å². The van der Waals surface area contributed by atoms with Crippen molar-refractivity contribution in [2.75, 3.05) is 0 Å². The van der Waals surface area contributed by atoms with E-state index in [0.29, 0.717) is 5.56 Å². The summed E-state index contributed by atoms with van der Waals surface area (Å²) in [6.45, 7) is -0.919. The molecule has 0 saturated carbocycles. The fourth-order valence-corrected chi connectivity index (χ4v) is 2.84. The van der Waals surface area contributed by atoms with E-state index in [1.165, 1.54) is 0 Å². The molecule has 0 aliphatic heterocycles. The maximum absolute atomic E-state index is 12.6. The van der Waals surface area contributed by atoms with E-state index >= 15 is 0 Å². The van der Waals surface area contributed by atoms with Crippen LogP contribution in [-0.4, -0.2) is 16.2 Å². The first kappa shape index (κ1) is 15.0. The number of benzene rings is 2. The number of halogens is 3. The van der Waals surface area contributed by atoms with Crippen molar-refractivity contribution in [1.82, 2.24) is 9.55 Å². The van der Waals surface area contributed by atoms with E-state index in [9.17, 15) is 8.78 Å². The van der Waals surface area contributed by atoms with Crippen LogP contribution in [0.4, 0.5) is 8.78 Å². The Labute approximate surface area is 134 Å². The van der Waals surface area contributed by atoms with Gasteiger partial charge in [0.15, 0.2) is 0 Å². The summed E-state index contributed by atoms with van der Waals surface area (Å²) < 4.78 is 32.6. The molecule has 3 rings (SSSR count). The topological polar surface area (TPSA) is 27.1 Å². The van der Waals surface area contributed by atoms with Crippen molar-refractivity contribution < 1.29 is 13.5 Å². The predicted molar refractivity (Wildman–Crippen MR) is 84.3 cm³/mol. The minimum Gasteiger partial charge on any atom is -0.434 e. The normalized spacial score (nSPS) is 12.8. The molecular formula is C16H13BrF2N2O. The number of fused-ring (bicyclic) bond motifs is 1. The highest BCUT2D eigenvalue weighted by molar-refractivity contribution is 9.10. The van der Waals surface area contributed by atoms with Crippen LogP contribution >= 0.6 is 15.9 Å². The fourth-order valence-electron chi connectivity index (χ4n) is 2.49. The van der Waals surface area contributed by atoms with E-state index in [2.05, 4.69) is 25.7 Å². The molecule has 2 aromatic carbocycles. The maximum atomic E-state index is 12.6. The first-order chi connectivity index (χ1) is 10.6. The molecular weight excluding hydrogens is 354 g/mol. The molecule has 1 aromatic heterocycles. The molecule has 0 saturated heterocycles. The SMILES string of the molecule is CC(c1ccccc1OC(F)F)n1cnc2ccc(Br)cc21. The van der Waals surface area contributed by atoms with Gasteiger partial charge in [0.2, 0.25) is 0 Å². The second-order valence-electron chi connectivity index (χ2n) is 4.88. The van der Waals surface area contributed by atoms with Gasteiger partial charge in [-0.2, -0.15) is 8.78 Å². The van der Waals surface area contributed by atoms with Crippen LogP contribution in [0.2, 0.25) is 0 Å². The Morgan fingerprint density at radius 3 is 2.73 bits per heavy atom. The summed E-state index contributed by atoms with van der Waals surface area (Å²) in [5.41, 5.74) is 2.46. The van der Waals surface area contributed by atoms with Crippen LogP contribution in [0.15, 0.2) is 53.3 Å². The third-order valence-corrected chi connectivity index (χ3v) is 4.03. The molecule has 22 heavy (non-hydrogen) atoms. The van der Waals surface area contributed by atoms with Crippen LogP contribution < -0.4 is 4.74 Å². The summed E-state index contributed by atoms with van der Waals surface area (Å²) >= 11 is 3.44. The summed E-state index contributed by atoms with van der Waals surface area (Å²) in [7, 11) is 0. The van der Waals surface area contributed by atoms with Gasteiger partial charge < -0.3 is 9.30 Å². The van der Waals surface area contributed by atoms with Crippen LogP contribution in [0, 0.1) is 0 Å². The quantitative estimate of drug-likeness (QED) is 0.648.